The van der Waals surface area contributed by atoms with Gasteiger partial charge in [-0.05, 0) is 32.8 Å². The lowest BCUT2D eigenvalue weighted by atomic mass is 10.1. The van der Waals surface area contributed by atoms with Gasteiger partial charge in [0.25, 0.3) is 0 Å². The van der Waals surface area contributed by atoms with Crippen molar-refractivity contribution in [1.82, 2.24) is 14.9 Å². The Bertz CT molecular complexity index is 416. The molecular formula is C15H26N4. The Morgan fingerprint density at radius 2 is 1.95 bits per heavy atom. The SMILES string of the molecule is CC(C)c1ccnc(N2CCN(C(C)C)C[C@H]2C)n1. The molecule has 0 saturated carbocycles. The molecule has 1 aromatic rings. The average molecular weight is 262 g/mol. The van der Waals surface area contributed by atoms with Crippen molar-refractivity contribution in [2.75, 3.05) is 24.5 Å². The number of aromatic nitrogens is 2. The fourth-order valence-electron chi connectivity index (χ4n) is 2.57. The van der Waals surface area contributed by atoms with Crippen LogP contribution in [0.25, 0.3) is 0 Å². The molecule has 1 aliphatic rings. The standard InChI is InChI=1S/C15H26N4/c1-11(2)14-6-7-16-15(17-14)19-9-8-18(12(3)4)10-13(19)5/h6-7,11-13H,8-10H2,1-5H3/t13-/m1/s1. The lowest BCUT2D eigenvalue weighted by Crippen LogP contribution is -2.54. The van der Waals surface area contributed by atoms with E-state index in [9.17, 15) is 0 Å². The minimum Gasteiger partial charge on any atom is -0.336 e. The van der Waals surface area contributed by atoms with Crippen molar-refractivity contribution in [2.45, 2.75) is 52.6 Å². The van der Waals surface area contributed by atoms with Crippen LogP contribution in [0.3, 0.4) is 0 Å². The molecule has 1 fully saturated rings. The van der Waals surface area contributed by atoms with Gasteiger partial charge in [0.1, 0.15) is 0 Å². The van der Waals surface area contributed by atoms with Gasteiger partial charge in [0.15, 0.2) is 0 Å². The van der Waals surface area contributed by atoms with Crippen LogP contribution in [0.4, 0.5) is 5.95 Å². The Kier molecular flexibility index (Phi) is 4.40. The number of hydrogen-bond donors (Lipinski definition) is 0. The molecule has 1 aliphatic heterocycles. The van der Waals surface area contributed by atoms with Gasteiger partial charge in [0.2, 0.25) is 5.95 Å². The van der Waals surface area contributed by atoms with Crippen molar-refractivity contribution in [3.05, 3.63) is 18.0 Å². The number of hydrogen-bond acceptors (Lipinski definition) is 4. The molecule has 106 valence electrons. The van der Waals surface area contributed by atoms with Crippen LogP contribution >= 0.6 is 0 Å². The number of piperazine rings is 1. The molecule has 2 rings (SSSR count). The molecule has 19 heavy (non-hydrogen) atoms. The Hall–Kier alpha value is -1.16. The lowest BCUT2D eigenvalue weighted by molar-refractivity contribution is 0.184. The molecule has 0 N–H and O–H groups in total. The molecule has 0 aromatic carbocycles. The maximum Gasteiger partial charge on any atom is 0.225 e. The summed E-state index contributed by atoms with van der Waals surface area (Å²) in [5, 5.41) is 0. The summed E-state index contributed by atoms with van der Waals surface area (Å²) < 4.78 is 0. The first-order valence-corrected chi connectivity index (χ1v) is 7.32. The highest BCUT2D eigenvalue weighted by atomic mass is 15.3. The second kappa shape index (κ2) is 5.87. The molecule has 4 heteroatoms. The summed E-state index contributed by atoms with van der Waals surface area (Å²) in [4.78, 5) is 14.0. The third-order valence-electron chi connectivity index (χ3n) is 3.90. The van der Waals surface area contributed by atoms with Crippen LogP contribution in [0.1, 0.15) is 46.2 Å². The van der Waals surface area contributed by atoms with Gasteiger partial charge in [0, 0.05) is 43.6 Å². The first-order valence-electron chi connectivity index (χ1n) is 7.32. The van der Waals surface area contributed by atoms with Crippen LogP contribution < -0.4 is 4.90 Å². The Morgan fingerprint density at radius 1 is 1.21 bits per heavy atom. The van der Waals surface area contributed by atoms with E-state index in [4.69, 9.17) is 4.98 Å². The zero-order chi connectivity index (χ0) is 14.0. The van der Waals surface area contributed by atoms with Gasteiger partial charge in [-0.3, -0.25) is 4.90 Å². The summed E-state index contributed by atoms with van der Waals surface area (Å²) in [7, 11) is 0. The molecule has 1 saturated heterocycles. The molecule has 0 unspecified atom stereocenters. The van der Waals surface area contributed by atoms with Crippen molar-refractivity contribution >= 4 is 5.95 Å². The van der Waals surface area contributed by atoms with Crippen LogP contribution in [0, 0.1) is 0 Å². The molecule has 2 heterocycles. The van der Waals surface area contributed by atoms with Crippen LogP contribution in [0.5, 0.6) is 0 Å². The van der Waals surface area contributed by atoms with E-state index in [-0.39, 0.29) is 0 Å². The zero-order valence-corrected chi connectivity index (χ0v) is 12.8. The van der Waals surface area contributed by atoms with E-state index in [1.165, 1.54) is 0 Å². The van der Waals surface area contributed by atoms with Gasteiger partial charge < -0.3 is 4.90 Å². The van der Waals surface area contributed by atoms with Crippen molar-refractivity contribution in [3.8, 4) is 0 Å². The van der Waals surface area contributed by atoms with E-state index < -0.39 is 0 Å². The van der Waals surface area contributed by atoms with Gasteiger partial charge in [-0.1, -0.05) is 13.8 Å². The molecule has 0 amide bonds. The highest BCUT2D eigenvalue weighted by molar-refractivity contribution is 5.33. The number of anilines is 1. The van der Waals surface area contributed by atoms with Gasteiger partial charge in [-0.15, -0.1) is 0 Å². The molecule has 1 aromatic heterocycles. The number of nitrogens with zero attached hydrogens (tertiary/aromatic N) is 4. The molecule has 0 aliphatic carbocycles. The van der Waals surface area contributed by atoms with Gasteiger partial charge in [-0.25, -0.2) is 9.97 Å². The summed E-state index contributed by atoms with van der Waals surface area (Å²) >= 11 is 0. The molecule has 0 radical (unpaired) electrons. The largest absolute Gasteiger partial charge is 0.336 e. The Morgan fingerprint density at radius 3 is 2.53 bits per heavy atom. The predicted molar refractivity (Wildman–Crippen MR) is 79.6 cm³/mol. The third kappa shape index (κ3) is 3.24. The number of rotatable bonds is 3. The topological polar surface area (TPSA) is 32.3 Å². The molecule has 0 bridgehead atoms. The normalized spacial score (nSPS) is 21.4. The minimum absolute atomic E-state index is 0.453. The fourth-order valence-corrected chi connectivity index (χ4v) is 2.57. The Labute approximate surface area is 116 Å². The zero-order valence-electron chi connectivity index (χ0n) is 12.8. The molecule has 1 atom stereocenters. The molecule has 4 nitrogen and oxygen atoms in total. The second-order valence-corrected chi connectivity index (χ2v) is 6.07. The summed E-state index contributed by atoms with van der Waals surface area (Å²) in [6.45, 7) is 14.3. The monoisotopic (exact) mass is 262 g/mol. The average Bonchev–Trinajstić information content (AvgIpc) is 2.38. The van der Waals surface area contributed by atoms with Crippen molar-refractivity contribution < 1.29 is 0 Å². The van der Waals surface area contributed by atoms with Gasteiger partial charge in [0.05, 0.1) is 0 Å². The highest BCUT2D eigenvalue weighted by Crippen LogP contribution is 2.20. The quantitative estimate of drug-likeness (QED) is 0.838. The first-order chi connectivity index (χ1) is 8.99. The fraction of sp³-hybridized carbons (Fsp3) is 0.733. The minimum atomic E-state index is 0.453. The summed E-state index contributed by atoms with van der Waals surface area (Å²) in [5.41, 5.74) is 1.13. The highest BCUT2D eigenvalue weighted by Gasteiger charge is 2.26. The van der Waals surface area contributed by atoms with Crippen LogP contribution in [-0.2, 0) is 0 Å². The first kappa shape index (κ1) is 14.3. The second-order valence-electron chi connectivity index (χ2n) is 6.07. The van der Waals surface area contributed by atoms with Crippen molar-refractivity contribution in [3.63, 3.8) is 0 Å². The molecule has 0 spiro atoms. The van der Waals surface area contributed by atoms with Gasteiger partial charge in [-0.2, -0.15) is 0 Å². The Balaban J connectivity index is 2.12. The van der Waals surface area contributed by atoms with E-state index in [0.717, 1.165) is 31.3 Å². The maximum atomic E-state index is 4.71. The van der Waals surface area contributed by atoms with E-state index in [0.29, 0.717) is 18.0 Å². The van der Waals surface area contributed by atoms with Gasteiger partial charge >= 0.3 is 0 Å². The predicted octanol–water partition coefficient (Wildman–Crippen LogP) is 2.52. The van der Waals surface area contributed by atoms with Crippen LogP contribution in [-0.4, -0.2) is 46.6 Å². The van der Waals surface area contributed by atoms with Crippen molar-refractivity contribution in [2.24, 2.45) is 0 Å². The summed E-state index contributed by atoms with van der Waals surface area (Å²) in [5.74, 6) is 1.34. The van der Waals surface area contributed by atoms with Crippen molar-refractivity contribution in [1.29, 1.82) is 0 Å². The smallest absolute Gasteiger partial charge is 0.225 e. The molecular weight excluding hydrogens is 236 g/mol. The third-order valence-corrected chi connectivity index (χ3v) is 3.90. The van der Waals surface area contributed by atoms with E-state index in [2.05, 4.69) is 49.4 Å². The lowest BCUT2D eigenvalue weighted by Gasteiger charge is -2.41. The van der Waals surface area contributed by atoms with E-state index >= 15 is 0 Å². The van der Waals surface area contributed by atoms with E-state index in [1.807, 2.05) is 12.3 Å². The van der Waals surface area contributed by atoms with Crippen LogP contribution in [0.15, 0.2) is 12.3 Å². The summed E-state index contributed by atoms with van der Waals surface area (Å²) in [6, 6.07) is 3.11. The van der Waals surface area contributed by atoms with Crippen LogP contribution in [0.2, 0.25) is 0 Å². The summed E-state index contributed by atoms with van der Waals surface area (Å²) in [6.07, 6.45) is 1.89. The van der Waals surface area contributed by atoms with E-state index in [1.54, 1.807) is 0 Å². The maximum absolute atomic E-state index is 4.71.